The van der Waals surface area contributed by atoms with Crippen LogP contribution < -0.4 is 5.32 Å². The first-order valence-corrected chi connectivity index (χ1v) is 35.0. The Kier molecular flexibility index (Phi) is 55.2. The van der Waals surface area contributed by atoms with Crippen molar-refractivity contribution in [2.24, 2.45) is 0 Å². The number of allylic oxidation sites excluding steroid dienone is 1. The lowest BCUT2D eigenvalue weighted by molar-refractivity contribution is -0.305. The zero-order valence-electron chi connectivity index (χ0n) is 52.7. The molecule has 11 nitrogen and oxygen atoms in total. The van der Waals surface area contributed by atoms with Gasteiger partial charge in [-0.1, -0.05) is 335 Å². The molecule has 1 heterocycles. The number of carbonyl (C=O) groups excluding carboxylic acids is 2. The summed E-state index contributed by atoms with van der Waals surface area (Å²) in [5.74, 6) is -1.17. The number of aliphatic hydroxyl groups excluding tert-OH is 5. The molecule has 1 saturated heterocycles. The predicted molar refractivity (Wildman–Crippen MR) is 334 cm³/mol. The summed E-state index contributed by atoms with van der Waals surface area (Å²) in [6.45, 7) is 5.85. The minimum Gasteiger partial charge on any atom is -0.454 e. The van der Waals surface area contributed by atoms with E-state index in [0.29, 0.717) is 19.3 Å². The molecule has 0 spiro atoms. The van der Waals surface area contributed by atoms with Gasteiger partial charge in [0, 0.05) is 6.42 Å². The molecule has 11 heteroatoms. The third kappa shape index (κ3) is 44.9. The Morgan fingerprint density at radius 1 is 0.475 bits per heavy atom. The van der Waals surface area contributed by atoms with Gasteiger partial charge in [0.2, 0.25) is 5.91 Å². The lowest BCUT2D eigenvalue weighted by Gasteiger charge is -2.41. The van der Waals surface area contributed by atoms with Gasteiger partial charge in [-0.15, -0.1) is 0 Å². The van der Waals surface area contributed by atoms with Crippen molar-refractivity contribution >= 4 is 11.9 Å². The van der Waals surface area contributed by atoms with E-state index in [-0.39, 0.29) is 13.0 Å². The molecule has 0 aromatic heterocycles. The summed E-state index contributed by atoms with van der Waals surface area (Å²) < 4.78 is 17.7. The number of nitrogens with one attached hydrogen (secondary N) is 1. The molecule has 0 aliphatic carbocycles. The Morgan fingerprint density at radius 2 is 0.812 bits per heavy atom. The highest BCUT2D eigenvalue weighted by molar-refractivity contribution is 5.80. The van der Waals surface area contributed by atoms with Gasteiger partial charge in [0.05, 0.1) is 25.4 Å². The second kappa shape index (κ2) is 57.8. The van der Waals surface area contributed by atoms with E-state index in [1.807, 2.05) is 6.08 Å². The summed E-state index contributed by atoms with van der Waals surface area (Å²) in [4.78, 5) is 26.6. The number of esters is 1. The predicted octanol–water partition coefficient (Wildman–Crippen LogP) is 17.5. The number of ether oxygens (including phenoxy) is 3. The Labute approximate surface area is 493 Å². The van der Waals surface area contributed by atoms with Gasteiger partial charge in [0.1, 0.15) is 24.4 Å². The molecule has 0 bridgehead atoms. The molecular weight excluding hydrogens is 1000 g/mol. The molecule has 0 radical (unpaired) electrons. The number of unbranched alkanes of at least 4 members (excludes halogenated alkanes) is 47. The van der Waals surface area contributed by atoms with Gasteiger partial charge in [0.25, 0.3) is 0 Å². The van der Waals surface area contributed by atoms with Crippen LogP contribution in [-0.2, 0) is 23.8 Å². The van der Waals surface area contributed by atoms with E-state index in [4.69, 9.17) is 14.2 Å². The van der Waals surface area contributed by atoms with Crippen LogP contribution in [0.1, 0.15) is 355 Å². The minimum absolute atomic E-state index is 0.131. The molecule has 8 atom stereocenters. The van der Waals surface area contributed by atoms with Crippen molar-refractivity contribution in [2.75, 3.05) is 13.2 Å². The van der Waals surface area contributed by atoms with E-state index in [2.05, 4.69) is 26.1 Å². The Balaban J connectivity index is 2.56. The van der Waals surface area contributed by atoms with E-state index in [0.717, 1.165) is 57.8 Å². The topological polar surface area (TPSA) is 175 Å². The average molecular weight is 1140 g/mol. The molecular formula is C69H133NO10. The molecule has 1 amide bonds. The zero-order chi connectivity index (χ0) is 58.2. The van der Waals surface area contributed by atoms with Crippen LogP contribution in [0.2, 0.25) is 0 Å². The molecule has 1 fully saturated rings. The summed E-state index contributed by atoms with van der Waals surface area (Å²) in [6, 6.07) is -1.02. The van der Waals surface area contributed by atoms with Crippen molar-refractivity contribution in [1.82, 2.24) is 5.32 Å². The summed E-state index contributed by atoms with van der Waals surface area (Å²) >= 11 is 0. The van der Waals surface area contributed by atoms with Crippen LogP contribution in [0, 0.1) is 0 Å². The summed E-state index contributed by atoms with van der Waals surface area (Å²) in [5.41, 5.74) is 0. The van der Waals surface area contributed by atoms with Crippen LogP contribution in [0.25, 0.3) is 0 Å². The fourth-order valence-corrected chi connectivity index (χ4v) is 11.4. The summed E-state index contributed by atoms with van der Waals surface area (Å²) in [7, 11) is 0. The van der Waals surface area contributed by atoms with Gasteiger partial charge in [-0.05, 0) is 25.7 Å². The molecule has 474 valence electrons. The van der Waals surface area contributed by atoms with Crippen LogP contribution in [0.3, 0.4) is 0 Å². The largest absolute Gasteiger partial charge is 0.454 e. The van der Waals surface area contributed by atoms with Crippen molar-refractivity contribution in [3.05, 3.63) is 12.2 Å². The number of hydrogen-bond acceptors (Lipinski definition) is 10. The van der Waals surface area contributed by atoms with E-state index in [1.54, 1.807) is 6.08 Å². The minimum atomic E-state index is -1.61. The van der Waals surface area contributed by atoms with E-state index in [1.165, 1.54) is 250 Å². The Hall–Kier alpha value is -1.60. The van der Waals surface area contributed by atoms with Gasteiger partial charge in [-0.25, -0.2) is 0 Å². The normalized spacial score (nSPS) is 18.7. The smallest absolute Gasteiger partial charge is 0.306 e. The van der Waals surface area contributed by atoms with Gasteiger partial charge in [0.15, 0.2) is 12.4 Å². The molecule has 0 aromatic rings. The Morgan fingerprint density at radius 3 is 1.18 bits per heavy atom. The van der Waals surface area contributed by atoms with Crippen LogP contribution in [-0.4, -0.2) is 99.6 Å². The van der Waals surface area contributed by atoms with Crippen LogP contribution in [0.4, 0.5) is 0 Å². The Bertz CT molecular complexity index is 1350. The first-order chi connectivity index (χ1) is 39.2. The highest BCUT2D eigenvalue weighted by Gasteiger charge is 2.47. The SMILES string of the molecule is CCCCCCCCCCCC/C=C/C(O)C(COC1OC(CO)C(O)C(O)C1OC(=O)CCCCCCCCCCCCCCCCC)NC(=O)C(O)CCCCCCCCCCCCCCCCCCCCCCCCCC. The zero-order valence-corrected chi connectivity index (χ0v) is 52.7. The highest BCUT2D eigenvalue weighted by Crippen LogP contribution is 2.26. The van der Waals surface area contributed by atoms with Gasteiger partial charge in [-0.2, -0.15) is 0 Å². The van der Waals surface area contributed by atoms with Crippen molar-refractivity contribution in [2.45, 2.75) is 404 Å². The van der Waals surface area contributed by atoms with Crippen molar-refractivity contribution in [3.63, 3.8) is 0 Å². The second-order valence-electron chi connectivity index (χ2n) is 24.6. The number of aliphatic hydroxyl groups is 5. The van der Waals surface area contributed by atoms with Crippen molar-refractivity contribution in [1.29, 1.82) is 0 Å². The van der Waals surface area contributed by atoms with Crippen molar-refractivity contribution < 1.29 is 49.3 Å². The molecule has 1 rings (SSSR count). The number of rotatable bonds is 61. The fourth-order valence-electron chi connectivity index (χ4n) is 11.4. The fraction of sp³-hybridized carbons (Fsp3) is 0.942. The van der Waals surface area contributed by atoms with E-state index in [9.17, 15) is 35.1 Å². The standard InChI is InChI=1S/C69H133NO10/c1-4-7-10-13-16-19-22-25-27-28-29-30-31-32-33-34-35-37-38-41-44-47-50-53-56-62(73)68(77)70-60(61(72)55-52-49-46-43-40-24-21-18-15-12-9-6-3)59-78-69-67(66(76)65(75)63(58-71)79-69)80-64(74)57-54-51-48-45-42-39-36-26-23-20-17-14-11-8-5-2/h52,55,60-63,65-67,69,71-73,75-76H,4-51,53-54,56-59H2,1-3H3,(H,70,77)/b55-52+. The first-order valence-electron chi connectivity index (χ1n) is 35.0. The molecule has 0 aromatic carbocycles. The molecule has 8 unspecified atom stereocenters. The number of hydrogen-bond donors (Lipinski definition) is 6. The van der Waals surface area contributed by atoms with Crippen molar-refractivity contribution in [3.8, 4) is 0 Å². The molecule has 1 aliphatic heterocycles. The lowest BCUT2D eigenvalue weighted by atomic mass is 9.99. The summed E-state index contributed by atoms with van der Waals surface area (Å²) in [5, 5.41) is 57.1. The van der Waals surface area contributed by atoms with Gasteiger partial charge < -0.3 is 45.1 Å². The maximum absolute atomic E-state index is 13.5. The molecule has 6 N–H and O–H groups in total. The number of amides is 1. The maximum atomic E-state index is 13.5. The maximum Gasteiger partial charge on any atom is 0.306 e. The molecule has 80 heavy (non-hydrogen) atoms. The molecule has 0 saturated carbocycles. The van der Waals surface area contributed by atoms with Gasteiger partial charge >= 0.3 is 5.97 Å². The van der Waals surface area contributed by atoms with Crippen LogP contribution in [0.15, 0.2) is 12.2 Å². The number of carbonyl (C=O) groups is 2. The second-order valence-corrected chi connectivity index (χ2v) is 24.6. The third-order valence-electron chi connectivity index (χ3n) is 16.9. The average Bonchev–Trinajstić information content (AvgIpc) is 3.48. The van der Waals surface area contributed by atoms with E-state index < -0.39 is 67.4 Å². The molecule has 1 aliphatic rings. The first kappa shape index (κ1) is 76.4. The van der Waals surface area contributed by atoms with Gasteiger partial charge in [-0.3, -0.25) is 9.59 Å². The monoisotopic (exact) mass is 1140 g/mol. The van der Waals surface area contributed by atoms with E-state index >= 15 is 0 Å². The van der Waals surface area contributed by atoms with Crippen LogP contribution >= 0.6 is 0 Å². The third-order valence-corrected chi connectivity index (χ3v) is 16.9. The lowest BCUT2D eigenvalue weighted by Crippen LogP contribution is -2.61. The van der Waals surface area contributed by atoms with Crippen LogP contribution in [0.5, 0.6) is 0 Å². The highest BCUT2D eigenvalue weighted by atomic mass is 16.7. The quantitative estimate of drug-likeness (QED) is 0.0195. The summed E-state index contributed by atoms with van der Waals surface area (Å²) in [6.07, 6.45) is 56.9.